The fourth-order valence-corrected chi connectivity index (χ4v) is 4.21. The van der Waals surface area contributed by atoms with Crippen LogP contribution in [0.15, 0.2) is 97.1 Å². The summed E-state index contributed by atoms with van der Waals surface area (Å²) in [5, 5.41) is 21.9. The third kappa shape index (κ3) is 3.90. The highest BCUT2D eigenvalue weighted by atomic mass is 16.5. The molecule has 1 unspecified atom stereocenters. The molecule has 0 spiro atoms. The number of nitrogens with zero attached hydrogens (tertiary/aromatic N) is 2. The number of imidazole rings is 1. The van der Waals surface area contributed by atoms with E-state index in [2.05, 4.69) is 30.3 Å². The Morgan fingerprint density at radius 3 is 2.22 bits per heavy atom. The molecule has 0 saturated heterocycles. The van der Waals surface area contributed by atoms with E-state index < -0.39 is 6.10 Å². The molecule has 0 fully saturated rings. The van der Waals surface area contributed by atoms with Gasteiger partial charge < -0.3 is 19.0 Å². The first kappa shape index (κ1) is 20.1. The Balaban J connectivity index is 1.46. The molecule has 1 heterocycles. The van der Waals surface area contributed by atoms with Crippen molar-refractivity contribution in [2.24, 2.45) is 0 Å². The molecule has 5 heteroatoms. The van der Waals surface area contributed by atoms with Gasteiger partial charge in [0.1, 0.15) is 18.5 Å². The first-order chi connectivity index (χ1) is 15.7. The van der Waals surface area contributed by atoms with Crippen molar-refractivity contribution in [3.05, 3.63) is 108 Å². The smallest absolute Gasteiger partial charge is 0.203 e. The summed E-state index contributed by atoms with van der Waals surface area (Å²) in [5.41, 5.74) is 3.42. The maximum atomic E-state index is 10.6. The Hall–Kier alpha value is -3.83. The van der Waals surface area contributed by atoms with Gasteiger partial charge in [0, 0.05) is 0 Å². The summed E-state index contributed by atoms with van der Waals surface area (Å²) in [6.07, 6.45) is -0.735. The minimum absolute atomic E-state index is 0.166. The molecule has 0 bridgehead atoms. The highest BCUT2D eigenvalue weighted by molar-refractivity contribution is 5.86. The van der Waals surface area contributed by atoms with Crippen LogP contribution >= 0.6 is 0 Å². The predicted octanol–water partition coefficient (Wildman–Crippen LogP) is 4.56. The number of aliphatic hydroxyl groups is 1. The molecule has 5 rings (SSSR count). The average molecular weight is 424 g/mol. The highest BCUT2D eigenvalue weighted by Crippen LogP contribution is 2.21. The lowest BCUT2D eigenvalue weighted by molar-refractivity contribution is 0.0921. The molecular formula is C27H25N3O2. The van der Waals surface area contributed by atoms with E-state index in [9.17, 15) is 5.11 Å². The summed E-state index contributed by atoms with van der Waals surface area (Å²) in [6, 6.07) is 32.0. The minimum Gasteiger partial charge on any atom is -0.491 e. The van der Waals surface area contributed by atoms with Crippen LogP contribution in [0.1, 0.15) is 5.56 Å². The molecule has 160 valence electrons. The Kier molecular flexibility index (Phi) is 5.48. The second-order valence-electron chi connectivity index (χ2n) is 7.93. The van der Waals surface area contributed by atoms with Crippen molar-refractivity contribution in [2.45, 2.75) is 19.2 Å². The van der Waals surface area contributed by atoms with Gasteiger partial charge in [-0.15, -0.1) is 0 Å². The van der Waals surface area contributed by atoms with E-state index in [0.717, 1.165) is 22.3 Å². The lowest BCUT2D eigenvalue weighted by atomic mass is 10.0. The van der Waals surface area contributed by atoms with Crippen molar-refractivity contribution < 1.29 is 9.84 Å². The van der Waals surface area contributed by atoms with Gasteiger partial charge in [-0.1, -0.05) is 72.8 Å². The number of hydrogen-bond acceptors (Lipinski definition) is 3. The number of aromatic nitrogens is 2. The number of fused-ring (bicyclic) bond motifs is 2. The van der Waals surface area contributed by atoms with Gasteiger partial charge in [0.15, 0.2) is 0 Å². The predicted molar refractivity (Wildman–Crippen MR) is 127 cm³/mol. The molecule has 0 amide bonds. The van der Waals surface area contributed by atoms with Crippen LogP contribution in [0.25, 0.3) is 21.8 Å². The molecule has 1 atom stereocenters. The molecule has 32 heavy (non-hydrogen) atoms. The summed E-state index contributed by atoms with van der Waals surface area (Å²) in [4.78, 5) is 0. The van der Waals surface area contributed by atoms with Crippen molar-refractivity contribution in [1.82, 2.24) is 9.13 Å². The zero-order chi connectivity index (χ0) is 21.9. The van der Waals surface area contributed by atoms with E-state index in [1.807, 2.05) is 75.9 Å². The SMILES string of the molecule is N=c1n(Cc2cccc3ccccc23)c2ccccc2n1CC(O)COc1ccccc1. The summed E-state index contributed by atoms with van der Waals surface area (Å²) in [5.74, 6) is 0.723. The molecule has 0 aliphatic carbocycles. The third-order valence-corrected chi connectivity index (χ3v) is 5.76. The van der Waals surface area contributed by atoms with Gasteiger partial charge in [0.25, 0.3) is 0 Å². The van der Waals surface area contributed by atoms with E-state index in [1.54, 1.807) is 0 Å². The van der Waals surface area contributed by atoms with Crippen LogP contribution in [0.2, 0.25) is 0 Å². The van der Waals surface area contributed by atoms with Gasteiger partial charge in [0.2, 0.25) is 5.62 Å². The molecule has 5 aromatic rings. The molecule has 0 saturated carbocycles. The quantitative estimate of drug-likeness (QED) is 0.403. The van der Waals surface area contributed by atoms with Gasteiger partial charge in [-0.05, 0) is 40.6 Å². The number of hydrogen-bond donors (Lipinski definition) is 2. The van der Waals surface area contributed by atoms with E-state index >= 15 is 0 Å². The third-order valence-electron chi connectivity index (χ3n) is 5.76. The average Bonchev–Trinajstić information content (AvgIpc) is 3.09. The van der Waals surface area contributed by atoms with Gasteiger partial charge in [-0.25, -0.2) is 0 Å². The zero-order valence-corrected chi connectivity index (χ0v) is 17.7. The van der Waals surface area contributed by atoms with Crippen molar-refractivity contribution in [1.29, 1.82) is 5.41 Å². The normalized spacial score (nSPS) is 12.3. The van der Waals surface area contributed by atoms with Crippen LogP contribution < -0.4 is 10.4 Å². The van der Waals surface area contributed by atoms with Gasteiger partial charge in [0.05, 0.1) is 24.1 Å². The summed E-state index contributed by atoms with van der Waals surface area (Å²) >= 11 is 0. The minimum atomic E-state index is -0.735. The monoisotopic (exact) mass is 423 g/mol. The van der Waals surface area contributed by atoms with E-state index in [1.165, 1.54) is 10.8 Å². The number of ether oxygens (including phenoxy) is 1. The zero-order valence-electron chi connectivity index (χ0n) is 17.7. The molecule has 0 radical (unpaired) electrons. The van der Waals surface area contributed by atoms with Gasteiger partial charge in [-0.3, -0.25) is 5.41 Å². The van der Waals surface area contributed by atoms with Crippen molar-refractivity contribution >= 4 is 21.8 Å². The Morgan fingerprint density at radius 1 is 0.750 bits per heavy atom. The van der Waals surface area contributed by atoms with Crippen LogP contribution in [0.5, 0.6) is 5.75 Å². The molecule has 4 aromatic carbocycles. The molecule has 0 aliphatic rings. The van der Waals surface area contributed by atoms with E-state index in [4.69, 9.17) is 10.1 Å². The number of para-hydroxylation sites is 3. The molecule has 0 aliphatic heterocycles. The van der Waals surface area contributed by atoms with Crippen molar-refractivity contribution in [3.63, 3.8) is 0 Å². The fraction of sp³-hybridized carbons (Fsp3) is 0.148. The maximum absolute atomic E-state index is 10.6. The standard InChI is InChI=1S/C27H25N3O2/c28-27-29(17-21-11-8-10-20-9-4-5-14-24(20)21)25-15-6-7-16-26(25)30(27)18-22(31)19-32-23-12-2-1-3-13-23/h1-16,22,28,31H,17-19H2. The number of nitrogens with one attached hydrogen (secondary N) is 1. The lowest BCUT2D eigenvalue weighted by Crippen LogP contribution is -2.31. The Morgan fingerprint density at radius 2 is 1.41 bits per heavy atom. The van der Waals surface area contributed by atoms with Crippen LogP contribution in [0.4, 0.5) is 0 Å². The first-order valence-electron chi connectivity index (χ1n) is 10.8. The first-order valence-corrected chi connectivity index (χ1v) is 10.8. The van der Waals surface area contributed by atoms with Crippen molar-refractivity contribution in [2.75, 3.05) is 6.61 Å². The number of rotatable bonds is 7. The highest BCUT2D eigenvalue weighted by Gasteiger charge is 2.15. The summed E-state index contributed by atoms with van der Waals surface area (Å²) < 4.78 is 9.57. The van der Waals surface area contributed by atoms with Gasteiger partial charge in [-0.2, -0.15) is 0 Å². The van der Waals surface area contributed by atoms with Gasteiger partial charge >= 0.3 is 0 Å². The Bertz CT molecular complexity index is 1410. The maximum Gasteiger partial charge on any atom is 0.203 e. The van der Waals surface area contributed by atoms with Crippen LogP contribution in [0.3, 0.4) is 0 Å². The molecular weight excluding hydrogens is 398 g/mol. The van der Waals surface area contributed by atoms with E-state index in [-0.39, 0.29) is 13.2 Å². The second kappa shape index (κ2) is 8.73. The Labute approximate surface area is 186 Å². The number of benzene rings is 4. The van der Waals surface area contributed by atoms with Crippen LogP contribution in [0, 0.1) is 5.41 Å². The topological polar surface area (TPSA) is 63.2 Å². The van der Waals surface area contributed by atoms with Crippen molar-refractivity contribution in [3.8, 4) is 5.75 Å². The molecule has 5 nitrogen and oxygen atoms in total. The number of aliphatic hydroxyl groups excluding tert-OH is 1. The summed E-state index contributed by atoms with van der Waals surface area (Å²) in [6.45, 7) is 1.04. The van der Waals surface area contributed by atoms with Crippen LogP contribution in [-0.4, -0.2) is 27.0 Å². The molecule has 1 aromatic heterocycles. The van der Waals surface area contributed by atoms with Crippen LogP contribution in [-0.2, 0) is 13.1 Å². The largest absolute Gasteiger partial charge is 0.491 e. The second-order valence-corrected chi connectivity index (χ2v) is 7.93. The molecule has 2 N–H and O–H groups in total. The lowest BCUT2D eigenvalue weighted by Gasteiger charge is -2.14. The summed E-state index contributed by atoms with van der Waals surface area (Å²) in [7, 11) is 0. The van der Waals surface area contributed by atoms with E-state index in [0.29, 0.717) is 12.2 Å². The fourth-order valence-electron chi connectivity index (χ4n) is 4.21.